The second-order valence-corrected chi connectivity index (χ2v) is 5.69. The maximum absolute atomic E-state index is 11.6. The summed E-state index contributed by atoms with van der Waals surface area (Å²) in [5, 5.41) is 0. The van der Waals surface area contributed by atoms with E-state index >= 15 is 0 Å². The molecule has 1 unspecified atom stereocenters. The Bertz CT molecular complexity index is 161. The van der Waals surface area contributed by atoms with Gasteiger partial charge in [0.25, 0.3) is 0 Å². The van der Waals surface area contributed by atoms with Crippen LogP contribution in [0.3, 0.4) is 0 Å². The van der Waals surface area contributed by atoms with Crippen LogP contribution in [0.5, 0.6) is 0 Å². The lowest BCUT2D eigenvalue weighted by Crippen LogP contribution is -2.35. The fourth-order valence-electron chi connectivity index (χ4n) is 0.963. The van der Waals surface area contributed by atoms with E-state index in [4.69, 9.17) is 4.74 Å². The lowest BCUT2D eigenvalue weighted by Gasteiger charge is -2.20. The van der Waals surface area contributed by atoms with Crippen LogP contribution in [0.2, 0.25) is 0 Å². The summed E-state index contributed by atoms with van der Waals surface area (Å²) in [4.78, 5) is 11.6. The molecule has 0 N–H and O–H groups in total. The second-order valence-electron chi connectivity index (χ2n) is 3.70. The van der Waals surface area contributed by atoms with E-state index in [1.807, 2.05) is 13.8 Å². The van der Waals surface area contributed by atoms with Crippen LogP contribution >= 0.6 is 15.9 Å². The number of hydrogen-bond acceptors (Lipinski definition) is 2. The first-order valence-corrected chi connectivity index (χ1v) is 5.53. The first kappa shape index (κ1) is 13.1. The Hall–Kier alpha value is 0.110. The van der Waals surface area contributed by atoms with Gasteiger partial charge in [0.2, 0.25) is 0 Å². The third-order valence-corrected chi connectivity index (χ3v) is 2.21. The van der Waals surface area contributed by atoms with Gasteiger partial charge >= 0.3 is 0 Å². The minimum Gasteiger partial charge on any atom is -0.371 e. The molecule has 0 aromatic rings. The van der Waals surface area contributed by atoms with Gasteiger partial charge in [-0.3, -0.25) is 4.79 Å². The average Bonchev–Trinajstić information content (AvgIpc) is 2.01. The number of alkyl halides is 1. The summed E-state index contributed by atoms with van der Waals surface area (Å²) in [7, 11) is 0. The summed E-state index contributed by atoms with van der Waals surface area (Å²) in [5.74, 6) is 0.101. The molecule has 0 heterocycles. The van der Waals surface area contributed by atoms with E-state index in [1.54, 1.807) is 6.92 Å². The zero-order valence-corrected chi connectivity index (χ0v) is 10.5. The summed E-state index contributed by atoms with van der Waals surface area (Å²) in [5.41, 5.74) is 0. The standard InChI is InChI=1S/C10H19BrO2/c1-5-6-7-13-8(2)9(12)10(3,4)11/h8H,5-7H2,1-4H3. The van der Waals surface area contributed by atoms with Gasteiger partial charge in [0.1, 0.15) is 6.10 Å². The second kappa shape index (κ2) is 5.76. The van der Waals surface area contributed by atoms with E-state index in [0.29, 0.717) is 6.61 Å². The molecule has 0 saturated carbocycles. The first-order valence-electron chi connectivity index (χ1n) is 4.74. The first-order chi connectivity index (χ1) is 5.89. The van der Waals surface area contributed by atoms with Crippen LogP contribution in [-0.2, 0) is 9.53 Å². The van der Waals surface area contributed by atoms with Crippen molar-refractivity contribution in [2.24, 2.45) is 0 Å². The van der Waals surface area contributed by atoms with Gasteiger partial charge in [0, 0.05) is 6.61 Å². The van der Waals surface area contributed by atoms with Gasteiger partial charge in [-0.2, -0.15) is 0 Å². The number of carbonyl (C=O) groups excluding carboxylic acids is 1. The predicted molar refractivity (Wildman–Crippen MR) is 58.3 cm³/mol. The molecule has 1 atom stereocenters. The third kappa shape index (κ3) is 5.42. The van der Waals surface area contributed by atoms with Crippen molar-refractivity contribution in [1.82, 2.24) is 0 Å². The van der Waals surface area contributed by atoms with Gasteiger partial charge in [0.05, 0.1) is 4.32 Å². The number of carbonyl (C=O) groups is 1. The molecule has 0 aromatic carbocycles. The molecule has 0 saturated heterocycles. The fraction of sp³-hybridized carbons (Fsp3) is 0.900. The summed E-state index contributed by atoms with van der Waals surface area (Å²) < 4.78 is 4.92. The summed E-state index contributed by atoms with van der Waals surface area (Å²) in [6, 6.07) is 0. The summed E-state index contributed by atoms with van der Waals surface area (Å²) >= 11 is 3.32. The molecule has 0 aliphatic heterocycles. The molecule has 78 valence electrons. The van der Waals surface area contributed by atoms with E-state index in [1.165, 1.54) is 0 Å². The van der Waals surface area contributed by atoms with Crippen molar-refractivity contribution in [2.75, 3.05) is 6.61 Å². The van der Waals surface area contributed by atoms with Gasteiger partial charge in [-0.15, -0.1) is 0 Å². The van der Waals surface area contributed by atoms with Crippen LogP contribution in [0.4, 0.5) is 0 Å². The van der Waals surface area contributed by atoms with Crippen LogP contribution in [0.25, 0.3) is 0 Å². The number of unbranched alkanes of at least 4 members (excludes halogenated alkanes) is 1. The molecule has 0 aromatic heterocycles. The minimum atomic E-state index is -0.474. The number of ether oxygens (including phenoxy) is 1. The number of hydrogen-bond donors (Lipinski definition) is 0. The predicted octanol–water partition coefficient (Wildman–Crippen LogP) is 2.93. The Morgan fingerprint density at radius 2 is 2.08 bits per heavy atom. The highest BCUT2D eigenvalue weighted by Crippen LogP contribution is 2.19. The summed E-state index contributed by atoms with van der Waals surface area (Å²) in [6.07, 6.45) is 1.81. The molecule has 0 fully saturated rings. The van der Waals surface area contributed by atoms with Crippen molar-refractivity contribution in [3.8, 4) is 0 Å². The van der Waals surface area contributed by atoms with Gasteiger partial charge in [0.15, 0.2) is 5.78 Å². The quantitative estimate of drug-likeness (QED) is 0.536. The van der Waals surface area contributed by atoms with Gasteiger partial charge in [-0.1, -0.05) is 29.3 Å². The molecule has 0 amide bonds. The maximum atomic E-state index is 11.6. The molecule has 13 heavy (non-hydrogen) atoms. The topological polar surface area (TPSA) is 26.3 Å². The highest BCUT2D eigenvalue weighted by atomic mass is 79.9. The van der Waals surface area contributed by atoms with Crippen molar-refractivity contribution in [3.05, 3.63) is 0 Å². The fourth-order valence-corrected chi connectivity index (χ4v) is 1.29. The number of halogens is 1. The molecular formula is C10H19BrO2. The monoisotopic (exact) mass is 250 g/mol. The van der Waals surface area contributed by atoms with Crippen LogP contribution < -0.4 is 0 Å². The number of ketones is 1. The lowest BCUT2D eigenvalue weighted by atomic mass is 10.1. The Balaban J connectivity index is 3.84. The Morgan fingerprint density at radius 1 is 1.54 bits per heavy atom. The van der Waals surface area contributed by atoms with E-state index in [0.717, 1.165) is 12.8 Å². The molecule has 0 spiro atoms. The van der Waals surface area contributed by atoms with Gasteiger partial charge in [-0.05, 0) is 27.2 Å². The lowest BCUT2D eigenvalue weighted by molar-refractivity contribution is -0.131. The maximum Gasteiger partial charge on any atom is 0.177 e. The van der Waals surface area contributed by atoms with Crippen molar-refractivity contribution < 1.29 is 9.53 Å². The van der Waals surface area contributed by atoms with Crippen LogP contribution in [0.1, 0.15) is 40.5 Å². The van der Waals surface area contributed by atoms with E-state index in [9.17, 15) is 4.79 Å². The third-order valence-electron chi connectivity index (χ3n) is 1.82. The van der Waals surface area contributed by atoms with E-state index < -0.39 is 4.32 Å². The minimum absolute atomic E-state index is 0.101. The molecule has 0 radical (unpaired) electrons. The SMILES string of the molecule is CCCCOC(C)C(=O)C(C)(C)Br. The van der Waals surface area contributed by atoms with Crippen LogP contribution in [0.15, 0.2) is 0 Å². The largest absolute Gasteiger partial charge is 0.371 e. The highest BCUT2D eigenvalue weighted by molar-refractivity contribution is 9.10. The normalized spacial score (nSPS) is 14.2. The van der Waals surface area contributed by atoms with Crippen LogP contribution in [-0.4, -0.2) is 22.8 Å². The molecule has 2 nitrogen and oxygen atoms in total. The molecule has 0 bridgehead atoms. The van der Waals surface area contributed by atoms with E-state index in [-0.39, 0.29) is 11.9 Å². The molecular weight excluding hydrogens is 232 g/mol. The van der Waals surface area contributed by atoms with E-state index in [2.05, 4.69) is 22.9 Å². The van der Waals surface area contributed by atoms with Crippen molar-refractivity contribution in [1.29, 1.82) is 0 Å². The van der Waals surface area contributed by atoms with Crippen molar-refractivity contribution in [2.45, 2.75) is 51.0 Å². The number of rotatable bonds is 6. The summed E-state index contributed by atoms with van der Waals surface area (Å²) in [6.45, 7) is 8.27. The Labute approximate surface area is 89.2 Å². The molecule has 0 aliphatic carbocycles. The molecule has 0 aliphatic rings. The Kier molecular flexibility index (Phi) is 5.81. The molecule has 3 heteroatoms. The van der Waals surface area contributed by atoms with Crippen LogP contribution in [0, 0.1) is 0 Å². The van der Waals surface area contributed by atoms with Gasteiger partial charge in [-0.25, -0.2) is 0 Å². The Morgan fingerprint density at radius 3 is 2.46 bits per heavy atom. The van der Waals surface area contributed by atoms with Gasteiger partial charge < -0.3 is 4.74 Å². The average molecular weight is 251 g/mol. The molecule has 0 rings (SSSR count). The highest BCUT2D eigenvalue weighted by Gasteiger charge is 2.28. The smallest absolute Gasteiger partial charge is 0.177 e. The van der Waals surface area contributed by atoms with Crippen molar-refractivity contribution >= 4 is 21.7 Å². The number of Topliss-reactive ketones (excluding diaryl/α,β-unsaturated/α-hetero) is 1. The zero-order valence-electron chi connectivity index (χ0n) is 8.89. The zero-order chi connectivity index (χ0) is 10.5. The van der Waals surface area contributed by atoms with Crippen molar-refractivity contribution in [3.63, 3.8) is 0 Å².